The summed E-state index contributed by atoms with van der Waals surface area (Å²) in [6.07, 6.45) is -4.67. The minimum absolute atomic E-state index is 0.208. The molecule has 2 rings (SSSR count). The fourth-order valence-electron chi connectivity index (χ4n) is 2.50. The summed E-state index contributed by atoms with van der Waals surface area (Å²) < 4.78 is 38.7. The number of anilines is 1. The number of likely N-dealkylation sites (tertiary alicyclic amines) is 1. The highest BCUT2D eigenvalue weighted by Gasteiger charge is 2.40. The Bertz CT molecular complexity index is 609. The lowest BCUT2D eigenvalue weighted by Gasteiger charge is -2.18. The van der Waals surface area contributed by atoms with Gasteiger partial charge in [-0.1, -0.05) is 0 Å². The van der Waals surface area contributed by atoms with Crippen LogP contribution in [0.25, 0.3) is 0 Å². The number of carbonyl (C=O) groups is 2. The number of alkyl halides is 3. The normalized spacial score (nSPS) is 18.9. The van der Waals surface area contributed by atoms with E-state index in [1.807, 2.05) is 0 Å². The van der Waals surface area contributed by atoms with Crippen LogP contribution in [-0.2, 0) is 16.6 Å². The monoisotopic (exact) mass is 318 g/mol. The number of aryl methyl sites for hydroxylation is 2. The van der Waals surface area contributed by atoms with E-state index in [1.54, 1.807) is 25.6 Å². The van der Waals surface area contributed by atoms with Gasteiger partial charge < -0.3 is 10.2 Å². The molecule has 0 saturated carbocycles. The van der Waals surface area contributed by atoms with E-state index in [2.05, 4.69) is 10.4 Å². The number of carbonyl (C=O) groups excluding carboxylic acids is 2. The second kappa shape index (κ2) is 5.62. The minimum Gasteiger partial charge on any atom is -0.333 e. The highest BCUT2D eigenvalue weighted by Crippen LogP contribution is 2.26. The molecule has 1 N–H and O–H groups in total. The van der Waals surface area contributed by atoms with Crippen LogP contribution in [0, 0.1) is 19.8 Å². The number of rotatable bonds is 3. The lowest BCUT2D eigenvalue weighted by atomic mass is 10.1. The molecule has 1 aliphatic heterocycles. The van der Waals surface area contributed by atoms with E-state index < -0.39 is 30.5 Å². The van der Waals surface area contributed by atoms with Crippen LogP contribution in [0.4, 0.5) is 18.9 Å². The van der Waals surface area contributed by atoms with E-state index in [9.17, 15) is 22.8 Å². The number of hydrogen-bond acceptors (Lipinski definition) is 3. The summed E-state index contributed by atoms with van der Waals surface area (Å²) >= 11 is 0. The van der Waals surface area contributed by atoms with Crippen LogP contribution in [0.2, 0.25) is 0 Å². The third kappa shape index (κ3) is 3.40. The molecule has 1 aromatic heterocycles. The number of hydrogen-bond donors (Lipinski definition) is 1. The predicted molar refractivity (Wildman–Crippen MR) is 72.1 cm³/mol. The molecular formula is C13H17F3N4O2. The number of halogens is 3. The average molecular weight is 318 g/mol. The Morgan fingerprint density at radius 2 is 2.05 bits per heavy atom. The molecule has 122 valence electrons. The molecular weight excluding hydrogens is 301 g/mol. The topological polar surface area (TPSA) is 67.2 Å². The summed E-state index contributed by atoms with van der Waals surface area (Å²) in [5.41, 5.74) is 1.89. The number of amides is 2. The Balaban J connectivity index is 2.04. The highest BCUT2D eigenvalue weighted by atomic mass is 19.4. The zero-order valence-electron chi connectivity index (χ0n) is 12.5. The Morgan fingerprint density at radius 3 is 2.55 bits per heavy atom. The zero-order valence-corrected chi connectivity index (χ0v) is 12.5. The molecule has 6 nitrogen and oxygen atoms in total. The molecule has 0 bridgehead atoms. The van der Waals surface area contributed by atoms with Crippen molar-refractivity contribution < 1.29 is 22.8 Å². The molecule has 1 aliphatic rings. The van der Waals surface area contributed by atoms with Crippen molar-refractivity contribution in [1.82, 2.24) is 14.7 Å². The molecule has 1 aromatic rings. The maximum absolute atomic E-state index is 12.4. The lowest BCUT2D eigenvalue weighted by Crippen LogP contribution is -2.36. The Kier molecular flexibility index (Phi) is 4.17. The van der Waals surface area contributed by atoms with E-state index in [4.69, 9.17) is 0 Å². The summed E-state index contributed by atoms with van der Waals surface area (Å²) in [5.74, 6) is -1.90. The molecule has 22 heavy (non-hydrogen) atoms. The number of nitrogens with one attached hydrogen (secondary N) is 1. The lowest BCUT2D eigenvalue weighted by molar-refractivity contribution is -0.157. The molecule has 2 heterocycles. The van der Waals surface area contributed by atoms with Crippen LogP contribution in [0.3, 0.4) is 0 Å². The standard InChI is InChI=1S/C13H17F3N4O2/c1-7-11(8(2)19(3)18-7)17-12(22)9-4-10(21)20(5-9)6-13(14,15)16/h9H,4-6H2,1-3H3,(H,17,22). The smallest absolute Gasteiger partial charge is 0.333 e. The average Bonchev–Trinajstić information content (AvgIpc) is 2.83. The molecule has 2 amide bonds. The van der Waals surface area contributed by atoms with Gasteiger partial charge in [-0.25, -0.2) is 0 Å². The third-order valence-electron chi connectivity index (χ3n) is 3.71. The molecule has 0 aliphatic carbocycles. The van der Waals surface area contributed by atoms with E-state index in [0.29, 0.717) is 16.3 Å². The van der Waals surface area contributed by atoms with Crippen molar-refractivity contribution in [2.75, 3.05) is 18.4 Å². The van der Waals surface area contributed by atoms with Crippen molar-refractivity contribution in [3.05, 3.63) is 11.4 Å². The van der Waals surface area contributed by atoms with E-state index in [0.717, 1.165) is 5.69 Å². The highest BCUT2D eigenvalue weighted by molar-refractivity contribution is 5.97. The third-order valence-corrected chi connectivity index (χ3v) is 3.71. The predicted octanol–water partition coefficient (Wildman–Crippen LogP) is 1.39. The van der Waals surface area contributed by atoms with Gasteiger partial charge in [-0.05, 0) is 13.8 Å². The van der Waals surface area contributed by atoms with Crippen LogP contribution >= 0.6 is 0 Å². The van der Waals surface area contributed by atoms with Gasteiger partial charge in [0.2, 0.25) is 11.8 Å². The number of aromatic nitrogens is 2. The van der Waals surface area contributed by atoms with E-state index >= 15 is 0 Å². The molecule has 9 heteroatoms. The van der Waals surface area contributed by atoms with Gasteiger partial charge in [-0.2, -0.15) is 18.3 Å². The summed E-state index contributed by atoms with van der Waals surface area (Å²) in [7, 11) is 1.72. The van der Waals surface area contributed by atoms with Crippen molar-refractivity contribution in [3.63, 3.8) is 0 Å². The van der Waals surface area contributed by atoms with Gasteiger partial charge in [-0.15, -0.1) is 0 Å². The zero-order chi connectivity index (χ0) is 16.7. The first-order chi connectivity index (χ1) is 10.1. The second-order valence-electron chi connectivity index (χ2n) is 5.45. The second-order valence-corrected chi connectivity index (χ2v) is 5.45. The molecule has 1 atom stereocenters. The van der Waals surface area contributed by atoms with Crippen LogP contribution < -0.4 is 5.32 Å². The van der Waals surface area contributed by atoms with Crippen molar-refractivity contribution in [1.29, 1.82) is 0 Å². The van der Waals surface area contributed by atoms with Gasteiger partial charge in [-0.3, -0.25) is 14.3 Å². The molecule has 1 unspecified atom stereocenters. The first-order valence-electron chi connectivity index (χ1n) is 6.74. The van der Waals surface area contributed by atoms with E-state index in [-0.39, 0.29) is 13.0 Å². The van der Waals surface area contributed by atoms with Gasteiger partial charge in [0.05, 0.1) is 23.0 Å². The fourth-order valence-corrected chi connectivity index (χ4v) is 2.50. The van der Waals surface area contributed by atoms with Crippen LogP contribution in [0.15, 0.2) is 0 Å². The van der Waals surface area contributed by atoms with Gasteiger partial charge in [0.25, 0.3) is 0 Å². The summed E-state index contributed by atoms with van der Waals surface area (Å²) in [6, 6.07) is 0. The van der Waals surface area contributed by atoms with E-state index in [1.165, 1.54) is 0 Å². The maximum atomic E-state index is 12.4. The SMILES string of the molecule is Cc1nn(C)c(C)c1NC(=O)C1CC(=O)N(CC(F)(F)F)C1. The largest absolute Gasteiger partial charge is 0.406 e. The molecule has 0 radical (unpaired) electrons. The Morgan fingerprint density at radius 1 is 1.41 bits per heavy atom. The first-order valence-corrected chi connectivity index (χ1v) is 6.74. The van der Waals surface area contributed by atoms with Crippen molar-refractivity contribution in [3.8, 4) is 0 Å². The quantitative estimate of drug-likeness (QED) is 0.916. The van der Waals surface area contributed by atoms with Crippen molar-refractivity contribution in [2.45, 2.75) is 26.4 Å². The fraction of sp³-hybridized carbons (Fsp3) is 0.615. The summed E-state index contributed by atoms with van der Waals surface area (Å²) in [4.78, 5) is 24.4. The number of nitrogens with zero attached hydrogens (tertiary/aromatic N) is 3. The minimum atomic E-state index is -4.46. The molecule has 0 spiro atoms. The molecule has 1 fully saturated rings. The van der Waals surface area contributed by atoms with Crippen LogP contribution in [-0.4, -0.2) is 45.8 Å². The molecule has 1 saturated heterocycles. The van der Waals surface area contributed by atoms with Gasteiger partial charge in [0, 0.05) is 20.0 Å². The van der Waals surface area contributed by atoms with Gasteiger partial charge in [0.1, 0.15) is 6.54 Å². The molecule has 0 aromatic carbocycles. The Hall–Kier alpha value is -2.06. The summed E-state index contributed by atoms with van der Waals surface area (Å²) in [6.45, 7) is 1.95. The van der Waals surface area contributed by atoms with Crippen LogP contribution in [0.5, 0.6) is 0 Å². The first kappa shape index (κ1) is 16.3. The summed E-state index contributed by atoms with van der Waals surface area (Å²) in [5, 5.41) is 6.81. The van der Waals surface area contributed by atoms with Gasteiger partial charge >= 0.3 is 6.18 Å². The van der Waals surface area contributed by atoms with Crippen molar-refractivity contribution >= 4 is 17.5 Å². The van der Waals surface area contributed by atoms with Gasteiger partial charge in [0.15, 0.2) is 0 Å². The maximum Gasteiger partial charge on any atom is 0.406 e. The Labute approximate surface area is 125 Å². The van der Waals surface area contributed by atoms with Crippen molar-refractivity contribution in [2.24, 2.45) is 13.0 Å². The van der Waals surface area contributed by atoms with Crippen LogP contribution in [0.1, 0.15) is 17.8 Å².